The van der Waals surface area contributed by atoms with Gasteiger partial charge in [0.15, 0.2) is 0 Å². The van der Waals surface area contributed by atoms with Crippen LogP contribution >= 0.6 is 12.4 Å². The molecule has 1 unspecified atom stereocenters. The summed E-state index contributed by atoms with van der Waals surface area (Å²) in [4.78, 5) is 2.25. The maximum atomic E-state index is 6.02. The number of para-hydroxylation sites is 1. The summed E-state index contributed by atoms with van der Waals surface area (Å²) in [5.74, 6) is 1.49. The molecule has 2 aromatic carbocycles. The van der Waals surface area contributed by atoms with Crippen molar-refractivity contribution >= 4 is 12.4 Å². The highest BCUT2D eigenvalue weighted by Gasteiger charge is 2.23. The first kappa shape index (κ1) is 16.9. The van der Waals surface area contributed by atoms with E-state index in [-0.39, 0.29) is 12.4 Å². The van der Waals surface area contributed by atoms with Crippen molar-refractivity contribution in [2.75, 3.05) is 20.6 Å². The number of benzene rings is 2. The second-order valence-corrected chi connectivity index (χ2v) is 6.02. The van der Waals surface area contributed by atoms with Crippen molar-refractivity contribution in [2.45, 2.75) is 25.4 Å². The standard InChI is InChI=1S/C19H23NO.ClH/c1-20(2)13-7-11-17-16-9-4-3-8-15(16)14-21-19-12-6-5-10-18(17)19;/h3-6,8-10,12,17H,7,11,13-14H2,1-2H3;1H. The first-order valence-electron chi connectivity index (χ1n) is 7.70. The minimum Gasteiger partial charge on any atom is -0.489 e. The number of fused-ring (bicyclic) bond motifs is 2. The van der Waals surface area contributed by atoms with Crippen LogP contribution in [0.2, 0.25) is 0 Å². The average molecular weight is 318 g/mol. The van der Waals surface area contributed by atoms with Gasteiger partial charge in [-0.25, -0.2) is 0 Å². The Kier molecular flexibility index (Phi) is 5.87. The zero-order valence-electron chi connectivity index (χ0n) is 13.3. The molecule has 3 heteroatoms. The molecule has 1 aliphatic heterocycles. The second-order valence-electron chi connectivity index (χ2n) is 6.02. The number of ether oxygens (including phenoxy) is 1. The molecule has 0 radical (unpaired) electrons. The van der Waals surface area contributed by atoms with Gasteiger partial charge < -0.3 is 9.64 Å². The minimum atomic E-state index is 0. The zero-order chi connectivity index (χ0) is 14.7. The lowest BCUT2D eigenvalue weighted by atomic mass is 9.85. The summed E-state index contributed by atoms with van der Waals surface area (Å²) in [6.07, 6.45) is 2.36. The SMILES string of the molecule is CN(C)CCCC1c2ccccc2COc2ccccc21.Cl. The molecule has 0 saturated carbocycles. The molecule has 1 aliphatic rings. The maximum absolute atomic E-state index is 6.02. The Morgan fingerprint density at radius 1 is 1.00 bits per heavy atom. The van der Waals surface area contributed by atoms with Gasteiger partial charge in [0.2, 0.25) is 0 Å². The molecule has 2 nitrogen and oxygen atoms in total. The van der Waals surface area contributed by atoms with E-state index in [2.05, 4.69) is 67.5 Å². The van der Waals surface area contributed by atoms with E-state index in [0.29, 0.717) is 12.5 Å². The van der Waals surface area contributed by atoms with Gasteiger partial charge in [-0.15, -0.1) is 12.4 Å². The molecule has 0 N–H and O–H groups in total. The third kappa shape index (κ3) is 3.63. The largest absolute Gasteiger partial charge is 0.489 e. The molecular weight excluding hydrogens is 294 g/mol. The van der Waals surface area contributed by atoms with E-state index in [4.69, 9.17) is 4.74 Å². The van der Waals surface area contributed by atoms with Crippen LogP contribution in [0.3, 0.4) is 0 Å². The van der Waals surface area contributed by atoms with Crippen LogP contribution in [0.15, 0.2) is 48.5 Å². The van der Waals surface area contributed by atoms with E-state index >= 15 is 0 Å². The van der Waals surface area contributed by atoms with Crippen LogP contribution in [0.25, 0.3) is 0 Å². The molecule has 0 bridgehead atoms. The molecule has 2 aromatic rings. The fourth-order valence-corrected chi connectivity index (χ4v) is 3.15. The van der Waals surface area contributed by atoms with E-state index in [1.54, 1.807) is 0 Å². The number of nitrogens with zero attached hydrogens (tertiary/aromatic N) is 1. The molecule has 0 aliphatic carbocycles. The van der Waals surface area contributed by atoms with Gasteiger partial charge in [-0.1, -0.05) is 42.5 Å². The number of rotatable bonds is 4. The van der Waals surface area contributed by atoms with Gasteiger partial charge >= 0.3 is 0 Å². The number of hydrogen-bond acceptors (Lipinski definition) is 2. The monoisotopic (exact) mass is 317 g/mol. The minimum absolute atomic E-state index is 0. The molecule has 0 aromatic heterocycles. The van der Waals surface area contributed by atoms with Gasteiger partial charge in [-0.05, 0) is 50.7 Å². The van der Waals surface area contributed by atoms with Crippen LogP contribution in [0.1, 0.15) is 35.4 Å². The van der Waals surface area contributed by atoms with E-state index in [0.717, 1.165) is 18.7 Å². The second kappa shape index (κ2) is 7.66. The van der Waals surface area contributed by atoms with Crippen molar-refractivity contribution < 1.29 is 4.74 Å². The molecule has 0 saturated heterocycles. The van der Waals surface area contributed by atoms with E-state index < -0.39 is 0 Å². The topological polar surface area (TPSA) is 12.5 Å². The van der Waals surface area contributed by atoms with Crippen molar-refractivity contribution in [3.05, 3.63) is 65.2 Å². The summed E-state index contributed by atoms with van der Waals surface area (Å²) in [5, 5.41) is 0. The Bertz CT molecular complexity index is 564. The summed E-state index contributed by atoms with van der Waals surface area (Å²) in [7, 11) is 4.27. The third-order valence-electron chi connectivity index (χ3n) is 4.21. The molecule has 118 valence electrons. The molecular formula is C19H24ClNO. The summed E-state index contributed by atoms with van der Waals surface area (Å²) in [5.41, 5.74) is 4.09. The first-order valence-corrected chi connectivity index (χ1v) is 7.70. The van der Waals surface area contributed by atoms with Crippen molar-refractivity contribution in [3.8, 4) is 5.75 Å². The zero-order valence-corrected chi connectivity index (χ0v) is 14.1. The summed E-state index contributed by atoms with van der Waals surface area (Å²) < 4.78 is 6.02. The lowest BCUT2D eigenvalue weighted by molar-refractivity contribution is 0.306. The van der Waals surface area contributed by atoms with Crippen LogP contribution in [0.4, 0.5) is 0 Å². The Labute approximate surface area is 139 Å². The third-order valence-corrected chi connectivity index (χ3v) is 4.21. The predicted octanol–water partition coefficient (Wildman–Crippen LogP) is 4.47. The van der Waals surface area contributed by atoms with Crippen LogP contribution in [0.5, 0.6) is 5.75 Å². The molecule has 0 fully saturated rings. The Balaban J connectivity index is 0.00000176. The number of halogens is 1. The lowest BCUT2D eigenvalue weighted by Crippen LogP contribution is -2.14. The molecule has 0 amide bonds. The van der Waals surface area contributed by atoms with Crippen molar-refractivity contribution in [1.82, 2.24) is 4.90 Å². The van der Waals surface area contributed by atoms with Crippen molar-refractivity contribution in [3.63, 3.8) is 0 Å². The highest BCUT2D eigenvalue weighted by atomic mass is 35.5. The van der Waals surface area contributed by atoms with Crippen molar-refractivity contribution in [2.24, 2.45) is 0 Å². The fourth-order valence-electron chi connectivity index (χ4n) is 3.15. The van der Waals surface area contributed by atoms with Crippen LogP contribution in [-0.2, 0) is 6.61 Å². The summed E-state index contributed by atoms with van der Waals surface area (Å²) >= 11 is 0. The Morgan fingerprint density at radius 3 is 2.45 bits per heavy atom. The van der Waals surface area contributed by atoms with Gasteiger partial charge in [0.25, 0.3) is 0 Å². The summed E-state index contributed by atoms with van der Waals surface area (Å²) in [6.45, 7) is 1.80. The van der Waals surface area contributed by atoms with Gasteiger partial charge in [0.1, 0.15) is 12.4 Å². The Hall–Kier alpha value is -1.51. The summed E-state index contributed by atoms with van der Waals surface area (Å²) in [6, 6.07) is 17.2. The highest BCUT2D eigenvalue weighted by molar-refractivity contribution is 5.85. The van der Waals surface area contributed by atoms with Gasteiger partial charge in [-0.2, -0.15) is 0 Å². The quantitative estimate of drug-likeness (QED) is 0.824. The number of hydrogen-bond donors (Lipinski definition) is 0. The van der Waals surface area contributed by atoms with E-state index in [1.165, 1.54) is 23.1 Å². The van der Waals surface area contributed by atoms with Gasteiger partial charge in [-0.3, -0.25) is 0 Å². The highest BCUT2D eigenvalue weighted by Crippen LogP contribution is 2.39. The average Bonchev–Trinajstić information content (AvgIpc) is 2.65. The molecule has 1 heterocycles. The molecule has 1 atom stereocenters. The fraction of sp³-hybridized carbons (Fsp3) is 0.368. The van der Waals surface area contributed by atoms with E-state index in [1.807, 2.05) is 0 Å². The van der Waals surface area contributed by atoms with Crippen LogP contribution < -0.4 is 4.74 Å². The van der Waals surface area contributed by atoms with Crippen LogP contribution in [-0.4, -0.2) is 25.5 Å². The van der Waals surface area contributed by atoms with Gasteiger partial charge in [0, 0.05) is 11.5 Å². The predicted molar refractivity (Wildman–Crippen MR) is 94.1 cm³/mol. The maximum Gasteiger partial charge on any atom is 0.123 e. The normalized spacial score (nSPS) is 16.0. The first-order chi connectivity index (χ1) is 10.3. The van der Waals surface area contributed by atoms with E-state index in [9.17, 15) is 0 Å². The van der Waals surface area contributed by atoms with Crippen molar-refractivity contribution in [1.29, 1.82) is 0 Å². The molecule has 3 rings (SSSR count). The smallest absolute Gasteiger partial charge is 0.123 e. The molecule has 0 spiro atoms. The lowest BCUT2D eigenvalue weighted by Gasteiger charge is -2.20. The van der Waals surface area contributed by atoms with Gasteiger partial charge in [0.05, 0.1) is 0 Å². The Morgan fingerprint density at radius 2 is 1.68 bits per heavy atom. The molecule has 22 heavy (non-hydrogen) atoms. The van der Waals surface area contributed by atoms with Crippen LogP contribution in [0, 0.1) is 0 Å².